The largest absolute Gasteiger partial charge is 0.497 e. The van der Waals surface area contributed by atoms with Crippen LogP contribution in [0.2, 0.25) is 0 Å². The van der Waals surface area contributed by atoms with Gasteiger partial charge in [0, 0.05) is 13.1 Å². The Hall–Kier alpha value is -0.500. The van der Waals surface area contributed by atoms with E-state index in [0.717, 1.165) is 25.5 Å². The molecule has 2 heteroatoms. The van der Waals surface area contributed by atoms with Crippen molar-refractivity contribution in [3.05, 3.63) is 11.3 Å². The Labute approximate surface area is 88.9 Å². The first-order valence-electron chi connectivity index (χ1n) is 5.62. The molecule has 0 aromatic heterocycles. The summed E-state index contributed by atoms with van der Waals surface area (Å²) in [5.74, 6) is 1.74. The van der Waals surface area contributed by atoms with Gasteiger partial charge in [-0.3, -0.25) is 4.90 Å². The van der Waals surface area contributed by atoms with Gasteiger partial charge in [-0.15, -0.1) is 0 Å². The van der Waals surface area contributed by atoms with Crippen LogP contribution in [0.4, 0.5) is 0 Å². The van der Waals surface area contributed by atoms with Crippen LogP contribution < -0.4 is 0 Å². The Morgan fingerprint density at radius 3 is 2.36 bits per heavy atom. The van der Waals surface area contributed by atoms with Crippen molar-refractivity contribution >= 4 is 0 Å². The van der Waals surface area contributed by atoms with Crippen molar-refractivity contribution in [2.24, 2.45) is 5.92 Å². The molecule has 1 heterocycles. The molecular formula is C12H25NO. The Morgan fingerprint density at radius 2 is 1.86 bits per heavy atom. The molecule has 0 atom stereocenters. The van der Waals surface area contributed by atoms with Gasteiger partial charge in [-0.05, 0) is 25.5 Å². The summed E-state index contributed by atoms with van der Waals surface area (Å²) in [6.07, 6.45) is 0. The Morgan fingerprint density at radius 1 is 1.29 bits per heavy atom. The second-order valence-electron chi connectivity index (χ2n) is 3.82. The molecule has 0 saturated carbocycles. The molecule has 0 spiro atoms. The highest BCUT2D eigenvalue weighted by Gasteiger charge is 2.14. The summed E-state index contributed by atoms with van der Waals surface area (Å²) < 4.78 is 5.59. The minimum absolute atomic E-state index is 0.602. The van der Waals surface area contributed by atoms with Gasteiger partial charge in [0.2, 0.25) is 0 Å². The van der Waals surface area contributed by atoms with Crippen LogP contribution in [-0.2, 0) is 4.74 Å². The zero-order valence-electron chi connectivity index (χ0n) is 10.6. The van der Waals surface area contributed by atoms with E-state index in [1.807, 2.05) is 13.8 Å². The predicted octanol–water partition coefficient (Wildman–Crippen LogP) is 2.90. The number of rotatable bonds is 1. The molecule has 2 nitrogen and oxygen atoms in total. The zero-order chi connectivity index (χ0) is 11.1. The zero-order valence-corrected chi connectivity index (χ0v) is 10.6. The number of allylic oxidation sites excluding steroid dienone is 1. The van der Waals surface area contributed by atoms with Crippen molar-refractivity contribution < 1.29 is 4.74 Å². The van der Waals surface area contributed by atoms with Crippen LogP contribution in [0.15, 0.2) is 11.3 Å². The average Bonchev–Trinajstić information content (AvgIpc) is 2.31. The lowest BCUT2D eigenvalue weighted by molar-refractivity contribution is 0.195. The molecule has 0 aliphatic carbocycles. The van der Waals surface area contributed by atoms with Gasteiger partial charge < -0.3 is 4.74 Å². The summed E-state index contributed by atoms with van der Waals surface area (Å²) in [6.45, 7) is 13.5. The van der Waals surface area contributed by atoms with Crippen molar-refractivity contribution in [1.29, 1.82) is 0 Å². The fraction of sp³-hybridized carbons (Fsp3) is 0.833. The summed E-state index contributed by atoms with van der Waals surface area (Å²) >= 11 is 0. The van der Waals surface area contributed by atoms with E-state index < -0.39 is 0 Å². The third kappa shape index (κ3) is 4.14. The van der Waals surface area contributed by atoms with E-state index in [1.165, 1.54) is 5.57 Å². The first kappa shape index (κ1) is 13.5. The van der Waals surface area contributed by atoms with Gasteiger partial charge in [0.05, 0.1) is 5.76 Å². The molecule has 1 rings (SSSR count). The number of likely N-dealkylation sites (N-methyl/N-ethyl adjacent to an activating group) is 1. The van der Waals surface area contributed by atoms with Gasteiger partial charge >= 0.3 is 0 Å². The van der Waals surface area contributed by atoms with Crippen LogP contribution in [0.3, 0.4) is 0 Å². The van der Waals surface area contributed by atoms with Crippen LogP contribution in [0.25, 0.3) is 0 Å². The van der Waals surface area contributed by atoms with Gasteiger partial charge in [0.1, 0.15) is 6.61 Å². The third-order valence-corrected chi connectivity index (χ3v) is 2.38. The quantitative estimate of drug-likeness (QED) is 0.644. The Kier molecular flexibility index (Phi) is 6.64. The highest BCUT2D eigenvalue weighted by Crippen LogP contribution is 2.18. The number of hydrogen-bond acceptors (Lipinski definition) is 2. The highest BCUT2D eigenvalue weighted by molar-refractivity contribution is 5.12. The van der Waals surface area contributed by atoms with Crippen molar-refractivity contribution in [1.82, 2.24) is 4.90 Å². The summed E-state index contributed by atoms with van der Waals surface area (Å²) in [7, 11) is 2.14. The van der Waals surface area contributed by atoms with E-state index in [4.69, 9.17) is 4.74 Å². The van der Waals surface area contributed by atoms with Crippen molar-refractivity contribution in [3.8, 4) is 0 Å². The predicted molar refractivity (Wildman–Crippen MR) is 62.3 cm³/mol. The lowest BCUT2D eigenvalue weighted by Crippen LogP contribution is -2.23. The van der Waals surface area contributed by atoms with Crippen LogP contribution in [0, 0.1) is 5.92 Å². The lowest BCUT2D eigenvalue weighted by Gasteiger charge is -2.16. The molecule has 0 aromatic carbocycles. The van der Waals surface area contributed by atoms with E-state index in [9.17, 15) is 0 Å². The minimum Gasteiger partial charge on any atom is -0.497 e. The molecule has 14 heavy (non-hydrogen) atoms. The topological polar surface area (TPSA) is 12.5 Å². The summed E-state index contributed by atoms with van der Waals surface area (Å²) in [5.41, 5.74) is 1.44. The molecule has 1 aliphatic rings. The fourth-order valence-corrected chi connectivity index (χ4v) is 1.52. The fourth-order valence-electron chi connectivity index (χ4n) is 1.52. The summed E-state index contributed by atoms with van der Waals surface area (Å²) in [4.78, 5) is 2.31. The molecule has 0 radical (unpaired) electrons. The van der Waals surface area contributed by atoms with Crippen LogP contribution in [-0.4, -0.2) is 31.6 Å². The van der Waals surface area contributed by atoms with E-state index in [-0.39, 0.29) is 0 Å². The molecule has 0 aromatic rings. The minimum atomic E-state index is 0.602. The normalized spacial score (nSPS) is 18.5. The van der Waals surface area contributed by atoms with Gasteiger partial charge in [-0.25, -0.2) is 0 Å². The van der Waals surface area contributed by atoms with Gasteiger partial charge in [-0.2, -0.15) is 0 Å². The number of hydrogen-bond donors (Lipinski definition) is 0. The highest BCUT2D eigenvalue weighted by atomic mass is 16.5. The van der Waals surface area contributed by atoms with Crippen molar-refractivity contribution in [2.45, 2.75) is 34.6 Å². The molecule has 0 unspecified atom stereocenters. The molecule has 0 saturated heterocycles. The first-order chi connectivity index (χ1) is 6.61. The van der Waals surface area contributed by atoms with Crippen molar-refractivity contribution in [2.75, 3.05) is 26.7 Å². The molecule has 0 bridgehead atoms. The van der Waals surface area contributed by atoms with E-state index >= 15 is 0 Å². The van der Waals surface area contributed by atoms with Crippen LogP contribution in [0.1, 0.15) is 34.6 Å². The number of ether oxygens (including phenoxy) is 1. The monoisotopic (exact) mass is 199 g/mol. The van der Waals surface area contributed by atoms with Crippen LogP contribution in [0.5, 0.6) is 0 Å². The third-order valence-electron chi connectivity index (χ3n) is 2.38. The second kappa shape index (κ2) is 6.88. The van der Waals surface area contributed by atoms with Crippen LogP contribution >= 0.6 is 0 Å². The molecule has 0 fully saturated rings. The summed E-state index contributed by atoms with van der Waals surface area (Å²) in [6, 6.07) is 0. The SMILES string of the molecule is CC.CC1=C(C(C)C)CN(C)CCO1. The standard InChI is InChI=1S/C10H19NO.C2H6/c1-8(2)10-7-11(4)5-6-12-9(10)3;1-2/h8H,5-7H2,1-4H3;1-2H3. The first-order valence-corrected chi connectivity index (χ1v) is 5.62. The Bertz CT molecular complexity index is 185. The molecule has 1 aliphatic heterocycles. The molecule has 0 amide bonds. The maximum atomic E-state index is 5.59. The molecular weight excluding hydrogens is 174 g/mol. The smallest absolute Gasteiger partial charge is 0.100 e. The second-order valence-corrected chi connectivity index (χ2v) is 3.82. The lowest BCUT2D eigenvalue weighted by atomic mass is 10.0. The summed E-state index contributed by atoms with van der Waals surface area (Å²) in [5, 5.41) is 0. The number of nitrogens with zero attached hydrogens (tertiary/aromatic N) is 1. The maximum absolute atomic E-state index is 5.59. The average molecular weight is 199 g/mol. The maximum Gasteiger partial charge on any atom is 0.100 e. The van der Waals surface area contributed by atoms with Gasteiger partial charge in [-0.1, -0.05) is 27.7 Å². The molecule has 84 valence electrons. The van der Waals surface area contributed by atoms with E-state index in [1.54, 1.807) is 0 Å². The molecule has 0 N–H and O–H groups in total. The van der Waals surface area contributed by atoms with E-state index in [2.05, 4.69) is 32.7 Å². The van der Waals surface area contributed by atoms with Gasteiger partial charge in [0.15, 0.2) is 0 Å². The Balaban J connectivity index is 0.000000791. The van der Waals surface area contributed by atoms with E-state index in [0.29, 0.717) is 5.92 Å². The van der Waals surface area contributed by atoms with Gasteiger partial charge in [0.25, 0.3) is 0 Å². The van der Waals surface area contributed by atoms with Crippen molar-refractivity contribution in [3.63, 3.8) is 0 Å².